The summed E-state index contributed by atoms with van der Waals surface area (Å²) >= 11 is 0. The van der Waals surface area contributed by atoms with Gasteiger partial charge in [-0.15, -0.1) is 0 Å². The van der Waals surface area contributed by atoms with Crippen molar-refractivity contribution in [2.75, 3.05) is 20.1 Å². The Balaban J connectivity index is 2.14. The second-order valence-electron chi connectivity index (χ2n) is 4.64. The van der Waals surface area contributed by atoms with Crippen LogP contribution in [0.3, 0.4) is 0 Å². The van der Waals surface area contributed by atoms with Gasteiger partial charge in [-0.05, 0) is 38.1 Å². The summed E-state index contributed by atoms with van der Waals surface area (Å²) in [5, 5.41) is 22.0. The normalized spacial score (nSPS) is 16.5. The molecule has 2 rings (SSSR count). The summed E-state index contributed by atoms with van der Waals surface area (Å²) in [6, 6.07) is 4.17. The van der Waals surface area contributed by atoms with Gasteiger partial charge in [0.1, 0.15) is 11.5 Å². The second kappa shape index (κ2) is 5.27. The Kier molecular flexibility index (Phi) is 3.72. The van der Waals surface area contributed by atoms with E-state index < -0.39 is 0 Å². The highest BCUT2D eigenvalue weighted by Crippen LogP contribution is 2.22. The lowest BCUT2D eigenvalue weighted by atomic mass is 10.0. The van der Waals surface area contributed by atoms with Crippen molar-refractivity contribution in [3.8, 4) is 11.5 Å². The molecule has 0 radical (unpaired) electrons. The minimum atomic E-state index is -0.173. The molecule has 18 heavy (non-hydrogen) atoms. The highest BCUT2D eigenvalue weighted by atomic mass is 16.3. The van der Waals surface area contributed by atoms with E-state index in [0.717, 1.165) is 25.9 Å². The summed E-state index contributed by atoms with van der Waals surface area (Å²) in [4.78, 5) is 13.9. The molecule has 1 fully saturated rings. The zero-order chi connectivity index (χ0) is 13.1. The van der Waals surface area contributed by atoms with Crippen molar-refractivity contribution in [3.63, 3.8) is 0 Å². The molecule has 1 aliphatic rings. The SMILES string of the molecule is CN(C(=O)c1cc(O)cc(O)c1)C1CCNCC1. The van der Waals surface area contributed by atoms with E-state index >= 15 is 0 Å². The maximum Gasteiger partial charge on any atom is 0.254 e. The van der Waals surface area contributed by atoms with Crippen molar-refractivity contribution in [2.45, 2.75) is 18.9 Å². The van der Waals surface area contributed by atoms with Crippen LogP contribution in [0.15, 0.2) is 18.2 Å². The predicted molar refractivity (Wildman–Crippen MR) is 67.8 cm³/mol. The number of aromatic hydroxyl groups is 2. The quantitative estimate of drug-likeness (QED) is 0.730. The number of phenols is 2. The number of amides is 1. The average molecular weight is 250 g/mol. The summed E-state index contributed by atoms with van der Waals surface area (Å²) in [7, 11) is 1.76. The molecule has 1 heterocycles. The van der Waals surface area contributed by atoms with Gasteiger partial charge in [0.2, 0.25) is 0 Å². The fraction of sp³-hybridized carbons (Fsp3) is 0.462. The number of phenolic OH excluding ortho intramolecular Hbond substituents is 2. The predicted octanol–water partition coefficient (Wildman–Crippen LogP) is 0.922. The fourth-order valence-corrected chi connectivity index (χ4v) is 2.28. The first-order valence-electron chi connectivity index (χ1n) is 6.09. The Hall–Kier alpha value is -1.75. The third kappa shape index (κ3) is 2.73. The Morgan fingerprint density at radius 1 is 1.22 bits per heavy atom. The van der Waals surface area contributed by atoms with E-state index in [0.29, 0.717) is 5.56 Å². The second-order valence-corrected chi connectivity index (χ2v) is 4.64. The number of carbonyl (C=O) groups excluding carboxylic acids is 1. The third-order valence-electron chi connectivity index (χ3n) is 3.33. The monoisotopic (exact) mass is 250 g/mol. The number of hydrogen-bond donors (Lipinski definition) is 3. The molecule has 5 heteroatoms. The minimum absolute atomic E-state index is 0.0999. The van der Waals surface area contributed by atoms with Crippen molar-refractivity contribution in [3.05, 3.63) is 23.8 Å². The third-order valence-corrected chi connectivity index (χ3v) is 3.33. The molecule has 0 saturated carbocycles. The Labute approximate surface area is 106 Å². The van der Waals surface area contributed by atoms with Crippen LogP contribution in [-0.4, -0.2) is 47.2 Å². The van der Waals surface area contributed by atoms with Gasteiger partial charge in [0.15, 0.2) is 0 Å². The number of benzene rings is 1. The molecule has 0 aliphatic carbocycles. The topological polar surface area (TPSA) is 72.8 Å². The molecule has 1 aromatic rings. The van der Waals surface area contributed by atoms with Crippen LogP contribution < -0.4 is 5.32 Å². The zero-order valence-electron chi connectivity index (χ0n) is 10.4. The van der Waals surface area contributed by atoms with Gasteiger partial charge < -0.3 is 20.4 Å². The number of nitrogens with zero attached hydrogens (tertiary/aromatic N) is 1. The van der Waals surface area contributed by atoms with E-state index in [1.165, 1.54) is 18.2 Å². The standard InChI is InChI=1S/C13H18N2O3/c1-15(10-2-4-14-5-3-10)13(18)9-6-11(16)8-12(17)7-9/h6-8,10,14,16-17H,2-5H2,1H3. The van der Waals surface area contributed by atoms with Crippen LogP contribution in [-0.2, 0) is 0 Å². The molecule has 0 bridgehead atoms. The molecule has 1 saturated heterocycles. The number of hydrogen-bond acceptors (Lipinski definition) is 4. The Morgan fingerprint density at radius 2 is 1.78 bits per heavy atom. The zero-order valence-corrected chi connectivity index (χ0v) is 10.4. The van der Waals surface area contributed by atoms with E-state index in [1.807, 2.05) is 0 Å². The first-order chi connectivity index (χ1) is 8.58. The molecule has 1 aromatic carbocycles. The first-order valence-corrected chi connectivity index (χ1v) is 6.09. The molecule has 1 amide bonds. The van der Waals surface area contributed by atoms with Crippen molar-refractivity contribution >= 4 is 5.91 Å². The van der Waals surface area contributed by atoms with Crippen LogP contribution in [0, 0.1) is 0 Å². The number of rotatable bonds is 2. The number of nitrogens with one attached hydrogen (secondary N) is 1. The lowest BCUT2D eigenvalue weighted by molar-refractivity contribution is 0.0702. The number of carbonyl (C=O) groups is 1. The summed E-state index contributed by atoms with van der Waals surface area (Å²) in [5.41, 5.74) is 0.313. The van der Waals surface area contributed by atoms with Gasteiger partial charge in [-0.1, -0.05) is 0 Å². The van der Waals surface area contributed by atoms with Crippen LogP contribution >= 0.6 is 0 Å². The number of piperidine rings is 1. The molecule has 3 N–H and O–H groups in total. The van der Waals surface area contributed by atoms with Crippen LogP contribution in [0.25, 0.3) is 0 Å². The smallest absolute Gasteiger partial charge is 0.254 e. The van der Waals surface area contributed by atoms with Gasteiger partial charge in [-0.3, -0.25) is 4.79 Å². The Bertz CT molecular complexity index is 422. The highest BCUT2D eigenvalue weighted by Gasteiger charge is 2.23. The Morgan fingerprint density at radius 3 is 2.33 bits per heavy atom. The van der Waals surface area contributed by atoms with Gasteiger partial charge in [-0.25, -0.2) is 0 Å². The van der Waals surface area contributed by atoms with Gasteiger partial charge in [0.05, 0.1) is 0 Å². The minimum Gasteiger partial charge on any atom is -0.508 e. The molecule has 0 spiro atoms. The highest BCUT2D eigenvalue weighted by molar-refractivity contribution is 5.95. The largest absolute Gasteiger partial charge is 0.508 e. The fourth-order valence-electron chi connectivity index (χ4n) is 2.28. The molecule has 1 aliphatic heterocycles. The van der Waals surface area contributed by atoms with Crippen molar-refractivity contribution < 1.29 is 15.0 Å². The molecule has 0 atom stereocenters. The molecule has 5 nitrogen and oxygen atoms in total. The van der Waals surface area contributed by atoms with Crippen LogP contribution in [0.1, 0.15) is 23.2 Å². The van der Waals surface area contributed by atoms with E-state index in [1.54, 1.807) is 11.9 Å². The van der Waals surface area contributed by atoms with Crippen LogP contribution in [0.5, 0.6) is 11.5 Å². The molecular weight excluding hydrogens is 232 g/mol. The summed E-state index contributed by atoms with van der Waals surface area (Å²) in [5.74, 6) is -0.373. The lowest BCUT2D eigenvalue weighted by Crippen LogP contribution is -2.43. The van der Waals surface area contributed by atoms with Crippen molar-refractivity contribution in [1.29, 1.82) is 0 Å². The van der Waals surface area contributed by atoms with Gasteiger partial charge >= 0.3 is 0 Å². The summed E-state index contributed by atoms with van der Waals surface area (Å²) in [6.07, 6.45) is 1.85. The average Bonchev–Trinajstić information content (AvgIpc) is 2.37. The van der Waals surface area contributed by atoms with E-state index in [-0.39, 0.29) is 23.4 Å². The maximum atomic E-state index is 12.2. The van der Waals surface area contributed by atoms with Crippen molar-refractivity contribution in [2.24, 2.45) is 0 Å². The van der Waals surface area contributed by atoms with Gasteiger partial charge in [0.25, 0.3) is 5.91 Å². The first kappa shape index (κ1) is 12.7. The maximum absolute atomic E-state index is 12.2. The van der Waals surface area contributed by atoms with Gasteiger partial charge in [-0.2, -0.15) is 0 Å². The molecule has 0 unspecified atom stereocenters. The molecule has 0 aromatic heterocycles. The van der Waals surface area contributed by atoms with Crippen LogP contribution in [0.2, 0.25) is 0 Å². The van der Waals surface area contributed by atoms with E-state index in [9.17, 15) is 15.0 Å². The van der Waals surface area contributed by atoms with Crippen LogP contribution in [0.4, 0.5) is 0 Å². The summed E-state index contributed by atoms with van der Waals surface area (Å²) < 4.78 is 0. The van der Waals surface area contributed by atoms with E-state index in [4.69, 9.17) is 0 Å². The van der Waals surface area contributed by atoms with Crippen molar-refractivity contribution in [1.82, 2.24) is 10.2 Å². The molecular formula is C13H18N2O3. The lowest BCUT2D eigenvalue weighted by Gasteiger charge is -2.31. The van der Waals surface area contributed by atoms with Gasteiger partial charge in [0, 0.05) is 24.7 Å². The summed E-state index contributed by atoms with van der Waals surface area (Å²) in [6.45, 7) is 1.82. The van der Waals surface area contributed by atoms with E-state index in [2.05, 4.69) is 5.32 Å². The molecule has 98 valence electrons.